The van der Waals surface area contributed by atoms with Crippen LogP contribution < -0.4 is 10.6 Å². The lowest BCUT2D eigenvalue weighted by Gasteiger charge is -2.08. The molecule has 0 aliphatic carbocycles. The monoisotopic (exact) mass is 312 g/mol. The summed E-state index contributed by atoms with van der Waals surface area (Å²) >= 11 is 5.95. The van der Waals surface area contributed by atoms with Gasteiger partial charge in [0, 0.05) is 29.6 Å². The minimum Gasteiger partial charge on any atom is -0.349 e. The second-order valence-electron chi connectivity index (χ2n) is 4.51. The van der Waals surface area contributed by atoms with E-state index in [2.05, 4.69) is 30.8 Å². The molecule has 0 unspecified atom stereocenters. The zero-order valence-electron chi connectivity index (χ0n) is 11.6. The van der Waals surface area contributed by atoms with Crippen LogP contribution in [0.1, 0.15) is 5.56 Å². The molecular formula is C15H13ClN6. The van der Waals surface area contributed by atoms with Gasteiger partial charge in [-0.25, -0.2) is 0 Å². The molecule has 0 fully saturated rings. The van der Waals surface area contributed by atoms with Gasteiger partial charge in [-0.1, -0.05) is 17.7 Å². The summed E-state index contributed by atoms with van der Waals surface area (Å²) in [5.41, 5.74) is 1.93. The largest absolute Gasteiger partial charge is 0.349 e. The first-order valence-corrected chi connectivity index (χ1v) is 7.02. The van der Waals surface area contributed by atoms with Crippen molar-refractivity contribution in [3.05, 3.63) is 65.6 Å². The normalized spacial score (nSPS) is 10.2. The van der Waals surface area contributed by atoms with Gasteiger partial charge in [-0.15, -0.1) is 5.10 Å². The predicted molar refractivity (Wildman–Crippen MR) is 86.1 cm³/mol. The zero-order valence-corrected chi connectivity index (χ0v) is 12.3. The fourth-order valence-electron chi connectivity index (χ4n) is 1.83. The Morgan fingerprint density at radius 1 is 1.09 bits per heavy atom. The highest BCUT2D eigenvalue weighted by molar-refractivity contribution is 6.30. The van der Waals surface area contributed by atoms with Crippen molar-refractivity contribution in [3.63, 3.8) is 0 Å². The van der Waals surface area contributed by atoms with Gasteiger partial charge in [0.15, 0.2) is 5.82 Å². The summed E-state index contributed by atoms with van der Waals surface area (Å²) in [6, 6.07) is 11.2. The lowest BCUT2D eigenvalue weighted by molar-refractivity contribution is 0.948. The number of aromatic nitrogens is 4. The molecule has 2 heterocycles. The summed E-state index contributed by atoms with van der Waals surface area (Å²) in [6.45, 7) is 0.602. The van der Waals surface area contributed by atoms with Crippen molar-refractivity contribution < 1.29 is 0 Å². The molecule has 3 rings (SSSR count). The van der Waals surface area contributed by atoms with E-state index in [4.69, 9.17) is 11.6 Å². The first-order valence-electron chi connectivity index (χ1n) is 6.65. The lowest BCUT2D eigenvalue weighted by atomic mass is 10.3. The molecule has 0 amide bonds. The molecule has 0 saturated heterocycles. The van der Waals surface area contributed by atoms with Crippen LogP contribution in [-0.2, 0) is 6.54 Å². The summed E-state index contributed by atoms with van der Waals surface area (Å²) in [5.74, 6) is 1.04. The number of hydrogen-bond donors (Lipinski definition) is 2. The van der Waals surface area contributed by atoms with E-state index in [-0.39, 0.29) is 0 Å². The Labute approximate surface area is 132 Å². The van der Waals surface area contributed by atoms with Crippen LogP contribution in [-0.4, -0.2) is 20.2 Å². The Bertz CT molecular complexity index is 750. The fourth-order valence-corrected chi connectivity index (χ4v) is 2.02. The van der Waals surface area contributed by atoms with Crippen LogP contribution >= 0.6 is 11.6 Å². The van der Waals surface area contributed by atoms with Gasteiger partial charge >= 0.3 is 0 Å². The van der Waals surface area contributed by atoms with E-state index >= 15 is 0 Å². The zero-order chi connectivity index (χ0) is 15.2. The Hall–Kier alpha value is -2.73. The molecule has 0 saturated carbocycles. The van der Waals surface area contributed by atoms with E-state index in [0.29, 0.717) is 23.3 Å². The first-order chi connectivity index (χ1) is 10.8. The number of anilines is 3. The Balaban J connectivity index is 1.67. The minimum absolute atomic E-state index is 0.448. The van der Waals surface area contributed by atoms with Gasteiger partial charge < -0.3 is 10.6 Å². The van der Waals surface area contributed by atoms with Crippen LogP contribution in [0.2, 0.25) is 5.02 Å². The molecule has 3 aromatic rings. The average molecular weight is 313 g/mol. The van der Waals surface area contributed by atoms with Crippen molar-refractivity contribution >= 4 is 29.1 Å². The molecule has 6 nitrogen and oxygen atoms in total. The SMILES string of the molecule is Clc1cccc(Nc2cnnc(NCc3ccncc3)n2)c1. The maximum Gasteiger partial charge on any atom is 0.244 e. The summed E-state index contributed by atoms with van der Waals surface area (Å²) < 4.78 is 0. The molecule has 0 spiro atoms. The third-order valence-corrected chi connectivity index (χ3v) is 3.09. The van der Waals surface area contributed by atoms with Crippen molar-refractivity contribution in [3.8, 4) is 0 Å². The van der Waals surface area contributed by atoms with Gasteiger partial charge in [-0.2, -0.15) is 10.1 Å². The number of halogens is 1. The number of benzene rings is 1. The highest BCUT2D eigenvalue weighted by Gasteiger charge is 2.02. The number of pyridine rings is 1. The molecule has 0 aliphatic heterocycles. The smallest absolute Gasteiger partial charge is 0.244 e. The molecule has 0 radical (unpaired) electrons. The van der Waals surface area contributed by atoms with Crippen LogP contribution in [0, 0.1) is 0 Å². The Morgan fingerprint density at radius 2 is 1.95 bits per heavy atom. The quantitative estimate of drug-likeness (QED) is 0.753. The standard InChI is InChI=1S/C15H13ClN6/c16-12-2-1-3-13(8-12)20-14-10-19-22-15(21-14)18-9-11-4-6-17-7-5-11/h1-8,10H,9H2,(H2,18,20,21,22). The van der Waals surface area contributed by atoms with Crippen molar-refractivity contribution in [2.75, 3.05) is 10.6 Å². The number of nitrogens with one attached hydrogen (secondary N) is 2. The van der Waals surface area contributed by atoms with E-state index in [0.717, 1.165) is 11.3 Å². The summed E-state index contributed by atoms with van der Waals surface area (Å²) in [6.07, 6.45) is 5.04. The maximum atomic E-state index is 5.95. The predicted octanol–water partition coefficient (Wildman–Crippen LogP) is 3.28. The minimum atomic E-state index is 0.448. The molecule has 22 heavy (non-hydrogen) atoms. The van der Waals surface area contributed by atoms with E-state index in [1.807, 2.05) is 36.4 Å². The Morgan fingerprint density at radius 3 is 2.77 bits per heavy atom. The van der Waals surface area contributed by atoms with E-state index in [1.165, 1.54) is 0 Å². The van der Waals surface area contributed by atoms with Crippen molar-refractivity contribution in [2.24, 2.45) is 0 Å². The van der Waals surface area contributed by atoms with Crippen LogP contribution in [0.25, 0.3) is 0 Å². The molecular weight excluding hydrogens is 300 g/mol. The highest BCUT2D eigenvalue weighted by atomic mass is 35.5. The van der Waals surface area contributed by atoms with Crippen LogP contribution in [0.5, 0.6) is 0 Å². The van der Waals surface area contributed by atoms with Gasteiger partial charge in [-0.05, 0) is 35.9 Å². The molecule has 2 aromatic heterocycles. The van der Waals surface area contributed by atoms with Crippen molar-refractivity contribution in [1.29, 1.82) is 0 Å². The van der Waals surface area contributed by atoms with E-state index in [9.17, 15) is 0 Å². The molecule has 0 aliphatic rings. The van der Waals surface area contributed by atoms with Crippen molar-refractivity contribution in [1.82, 2.24) is 20.2 Å². The lowest BCUT2D eigenvalue weighted by Crippen LogP contribution is -2.06. The molecule has 0 atom stereocenters. The van der Waals surface area contributed by atoms with Gasteiger partial charge in [0.05, 0.1) is 6.20 Å². The van der Waals surface area contributed by atoms with Crippen molar-refractivity contribution in [2.45, 2.75) is 6.54 Å². The third-order valence-electron chi connectivity index (χ3n) is 2.86. The Kier molecular flexibility index (Phi) is 4.41. The molecule has 0 bridgehead atoms. The third kappa shape index (κ3) is 3.89. The van der Waals surface area contributed by atoms with Gasteiger partial charge in [0.25, 0.3) is 0 Å². The maximum absolute atomic E-state index is 5.95. The summed E-state index contributed by atoms with van der Waals surface area (Å²) in [7, 11) is 0. The molecule has 110 valence electrons. The number of nitrogens with zero attached hydrogens (tertiary/aromatic N) is 4. The first kappa shape index (κ1) is 14.2. The average Bonchev–Trinajstić information content (AvgIpc) is 2.54. The van der Waals surface area contributed by atoms with Gasteiger partial charge in [0.1, 0.15) is 0 Å². The second-order valence-corrected chi connectivity index (χ2v) is 4.95. The second kappa shape index (κ2) is 6.82. The van der Waals surface area contributed by atoms with E-state index in [1.54, 1.807) is 18.6 Å². The molecule has 7 heteroatoms. The highest BCUT2D eigenvalue weighted by Crippen LogP contribution is 2.18. The van der Waals surface area contributed by atoms with Gasteiger partial charge in [0.2, 0.25) is 5.95 Å². The summed E-state index contributed by atoms with van der Waals surface area (Å²) in [4.78, 5) is 8.33. The van der Waals surface area contributed by atoms with E-state index < -0.39 is 0 Å². The number of hydrogen-bond acceptors (Lipinski definition) is 6. The molecule has 2 N–H and O–H groups in total. The van der Waals surface area contributed by atoms with Crippen LogP contribution in [0.3, 0.4) is 0 Å². The number of rotatable bonds is 5. The van der Waals surface area contributed by atoms with Gasteiger partial charge in [-0.3, -0.25) is 4.98 Å². The van der Waals surface area contributed by atoms with Crippen LogP contribution in [0.4, 0.5) is 17.5 Å². The fraction of sp³-hybridized carbons (Fsp3) is 0.0667. The topological polar surface area (TPSA) is 75.6 Å². The summed E-state index contributed by atoms with van der Waals surface area (Å²) in [5, 5.41) is 14.8. The molecule has 1 aromatic carbocycles. The van der Waals surface area contributed by atoms with Crippen LogP contribution in [0.15, 0.2) is 55.0 Å².